The number of likely N-dealkylation sites (tertiary alicyclic amines) is 1. The van der Waals surface area contributed by atoms with Crippen molar-refractivity contribution >= 4 is 11.3 Å². The molecule has 1 saturated heterocycles. The van der Waals surface area contributed by atoms with Crippen LogP contribution in [0.25, 0.3) is 0 Å². The monoisotopic (exact) mass is 248 g/mol. The molecular weight excluding hydrogens is 232 g/mol. The van der Waals surface area contributed by atoms with Crippen molar-refractivity contribution in [1.82, 2.24) is 19.9 Å². The van der Waals surface area contributed by atoms with E-state index in [1.54, 1.807) is 17.7 Å². The van der Waals surface area contributed by atoms with E-state index in [1.807, 2.05) is 12.4 Å². The predicted octanol–water partition coefficient (Wildman–Crippen LogP) is 2.25. The maximum atomic E-state index is 4.44. The van der Waals surface area contributed by atoms with E-state index in [0.29, 0.717) is 5.92 Å². The van der Waals surface area contributed by atoms with Crippen molar-refractivity contribution in [2.75, 3.05) is 13.1 Å². The first-order chi connectivity index (χ1) is 8.42. The van der Waals surface area contributed by atoms with Gasteiger partial charge in [-0.15, -0.1) is 11.3 Å². The van der Waals surface area contributed by atoms with Crippen LogP contribution in [0.15, 0.2) is 24.1 Å². The Bertz CT molecular complexity index is 437. The van der Waals surface area contributed by atoms with E-state index in [-0.39, 0.29) is 0 Å². The number of hydrogen-bond acceptors (Lipinski definition) is 4. The average Bonchev–Trinajstić information content (AvgIpc) is 3.01. The Labute approximate surface area is 105 Å². The van der Waals surface area contributed by atoms with Gasteiger partial charge in [0.1, 0.15) is 0 Å². The van der Waals surface area contributed by atoms with Crippen LogP contribution >= 0.6 is 11.3 Å². The standard InChI is InChI=1S/C12H16N4S/c1-2-10(12-14-3-5-17-12)7-16(4-1)8-11-6-13-9-15-11/h3,5-6,9-10H,1-2,4,7-8H2,(H,13,15)/t10-/m0/s1. The van der Waals surface area contributed by atoms with Gasteiger partial charge >= 0.3 is 0 Å². The molecule has 1 N–H and O–H groups in total. The number of thiazole rings is 1. The molecule has 2 aromatic heterocycles. The van der Waals surface area contributed by atoms with E-state index in [9.17, 15) is 0 Å². The minimum Gasteiger partial charge on any atom is -0.347 e. The zero-order valence-electron chi connectivity index (χ0n) is 9.67. The average molecular weight is 248 g/mol. The number of hydrogen-bond donors (Lipinski definition) is 1. The molecule has 90 valence electrons. The fraction of sp³-hybridized carbons (Fsp3) is 0.500. The summed E-state index contributed by atoms with van der Waals surface area (Å²) in [5, 5.41) is 3.36. The van der Waals surface area contributed by atoms with E-state index in [0.717, 1.165) is 13.1 Å². The Morgan fingerprint density at radius 3 is 3.29 bits per heavy atom. The summed E-state index contributed by atoms with van der Waals surface area (Å²) in [6.45, 7) is 3.27. The van der Waals surface area contributed by atoms with Crippen LogP contribution in [0, 0.1) is 0 Å². The summed E-state index contributed by atoms with van der Waals surface area (Å²) in [6.07, 6.45) is 8.10. The third kappa shape index (κ3) is 2.56. The van der Waals surface area contributed by atoms with Gasteiger partial charge in [0.25, 0.3) is 0 Å². The molecule has 0 bridgehead atoms. The zero-order valence-corrected chi connectivity index (χ0v) is 10.5. The molecule has 3 heterocycles. The summed E-state index contributed by atoms with van der Waals surface area (Å²) >= 11 is 1.78. The number of nitrogens with one attached hydrogen (secondary N) is 1. The smallest absolute Gasteiger partial charge is 0.0968 e. The minimum absolute atomic E-state index is 0.617. The van der Waals surface area contributed by atoms with E-state index in [2.05, 4.69) is 25.2 Å². The number of H-pyrrole nitrogens is 1. The van der Waals surface area contributed by atoms with E-state index >= 15 is 0 Å². The quantitative estimate of drug-likeness (QED) is 0.906. The lowest BCUT2D eigenvalue weighted by Crippen LogP contribution is -2.33. The molecule has 3 rings (SSSR count). The molecule has 0 aliphatic carbocycles. The minimum atomic E-state index is 0.617. The van der Waals surface area contributed by atoms with Gasteiger partial charge in [0.15, 0.2) is 0 Å². The van der Waals surface area contributed by atoms with E-state index in [4.69, 9.17) is 0 Å². The first kappa shape index (κ1) is 10.9. The fourth-order valence-corrected chi connectivity index (χ4v) is 3.22. The maximum absolute atomic E-state index is 4.44. The highest BCUT2D eigenvalue weighted by molar-refractivity contribution is 7.09. The van der Waals surface area contributed by atoms with Gasteiger partial charge < -0.3 is 4.98 Å². The summed E-state index contributed by atoms with van der Waals surface area (Å²) in [7, 11) is 0. The molecule has 17 heavy (non-hydrogen) atoms. The van der Waals surface area contributed by atoms with Crippen LogP contribution < -0.4 is 0 Å². The SMILES string of the molecule is c1csc([C@H]2CCCN(Cc3cnc[nH]3)C2)n1. The van der Waals surface area contributed by atoms with Crippen LogP contribution in [0.3, 0.4) is 0 Å². The molecule has 0 amide bonds. The molecule has 1 fully saturated rings. The van der Waals surface area contributed by atoms with Crippen molar-refractivity contribution in [3.05, 3.63) is 34.8 Å². The summed E-state index contributed by atoms with van der Waals surface area (Å²) in [4.78, 5) is 14.2. The molecular formula is C12H16N4S. The van der Waals surface area contributed by atoms with E-state index < -0.39 is 0 Å². The fourth-order valence-electron chi connectivity index (χ4n) is 2.45. The number of aromatic amines is 1. The van der Waals surface area contributed by atoms with Crippen molar-refractivity contribution < 1.29 is 0 Å². The van der Waals surface area contributed by atoms with Crippen LogP contribution in [0.2, 0.25) is 0 Å². The number of imidazole rings is 1. The lowest BCUT2D eigenvalue weighted by atomic mass is 9.99. The van der Waals surface area contributed by atoms with E-state index in [1.165, 1.54) is 30.1 Å². The summed E-state index contributed by atoms with van der Waals surface area (Å²) < 4.78 is 0. The number of nitrogens with zero attached hydrogens (tertiary/aromatic N) is 3. The van der Waals surface area contributed by atoms with Crippen LogP contribution in [0.5, 0.6) is 0 Å². The molecule has 1 aliphatic rings. The number of piperidine rings is 1. The Morgan fingerprint density at radius 2 is 2.53 bits per heavy atom. The van der Waals surface area contributed by atoms with Crippen LogP contribution in [0.4, 0.5) is 0 Å². The van der Waals surface area contributed by atoms with Gasteiger partial charge in [0.05, 0.1) is 11.3 Å². The number of aromatic nitrogens is 3. The van der Waals surface area contributed by atoms with Gasteiger partial charge in [-0.1, -0.05) is 0 Å². The maximum Gasteiger partial charge on any atom is 0.0968 e. The van der Waals surface area contributed by atoms with Crippen molar-refractivity contribution in [2.24, 2.45) is 0 Å². The first-order valence-corrected chi connectivity index (χ1v) is 6.89. The highest BCUT2D eigenvalue weighted by Gasteiger charge is 2.23. The molecule has 2 aromatic rings. The van der Waals surface area contributed by atoms with Crippen LogP contribution in [-0.4, -0.2) is 32.9 Å². The highest BCUT2D eigenvalue weighted by atomic mass is 32.1. The van der Waals surface area contributed by atoms with Crippen molar-refractivity contribution in [3.8, 4) is 0 Å². The van der Waals surface area contributed by atoms with Gasteiger partial charge in [-0.2, -0.15) is 0 Å². The second kappa shape index (κ2) is 4.98. The lowest BCUT2D eigenvalue weighted by molar-refractivity contribution is 0.198. The topological polar surface area (TPSA) is 44.8 Å². The Hall–Kier alpha value is -1.20. The van der Waals surface area contributed by atoms with Crippen molar-refractivity contribution in [3.63, 3.8) is 0 Å². The molecule has 0 aromatic carbocycles. The van der Waals surface area contributed by atoms with Crippen LogP contribution in [0.1, 0.15) is 29.5 Å². The van der Waals surface area contributed by atoms with Crippen molar-refractivity contribution in [2.45, 2.75) is 25.3 Å². The molecule has 4 nitrogen and oxygen atoms in total. The summed E-state index contributed by atoms with van der Waals surface area (Å²) in [5.74, 6) is 0.617. The zero-order chi connectivity index (χ0) is 11.5. The molecule has 1 atom stereocenters. The Morgan fingerprint density at radius 1 is 1.53 bits per heavy atom. The van der Waals surface area contributed by atoms with Crippen LogP contribution in [-0.2, 0) is 6.54 Å². The molecule has 1 aliphatic heterocycles. The second-order valence-corrected chi connectivity index (χ2v) is 5.45. The second-order valence-electron chi connectivity index (χ2n) is 4.52. The normalized spacial score (nSPS) is 21.8. The molecule has 0 spiro atoms. The lowest BCUT2D eigenvalue weighted by Gasteiger charge is -2.31. The predicted molar refractivity (Wildman–Crippen MR) is 68.0 cm³/mol. The number of rotatable bonds is 3. The van der Waals surface area contributed by atoms with Gasteiger partial charge in [-0.05, 0) is 19.4 Å². The largest absolute Gasteiger partial charge is 0.347 e. The molecule has 0 radical (unpaired) electrons. The summed E-state index contributed by atoms with van der Waals surface area (Å²) in [6, 6.07) is 0. The Balaban J connectivity index is 1.64. The van der Waals surface area contributed by atoms with Gasteiger partial charge in [0, 0.05) is 42.5 Å². The third-order valence-corrected chi connectivity index (χ3v) is 4.19. The highest BCUT2D eigenvalue weighted by Crippen LogP contribution is 2.28. The van der Waals surface area contributed by atoms with Gasteiger partial charge in [-0.3, -0.25) is 4.90 Å². The van der Waals surface area contributed by atoms with Gasteiger partial charge in [0.2, 0.25) is 0 Å². The molecule has 0 saturated carbocycles. The Kier molecular flexibility index (Phi) is 3.20. The summed E-state index contributed by atoms with van der Waals surface area (Å²) in [5.41, 5.74) is 1.20. The first-order valence-electron chi connectivity index (χ1n) is 6.01. The van der Waals surface area contributed by atoms with Crippen molar-refractivity contribution in [1.29, 1.82) is 0 Å². The van der Waals surface area contributed by atoms with Gasteiger partial charge in [-0.25, -0.2) is 9.97 Å². The molecule has 0 unspecified atom stereocenters. The third-order valence-electron chi connectivity index (χ3n) is 3.25. The molecule has 5 heteroatoms.